The molecule has 1 N–H and O–H groups in total. The van der Waals surface area contributed by atoms with Crippen LogP contribution in [0.1, 0.15) is 11.1 Å². The Morgan fingerprint density at radius 3 is 2.67 bits per heavy atom. The summed E-state index contributed by atoms with van der Waals surface area (Å²) in [6.45, 7) is 9.49. The largest absolute Gasteiger partial charge is 0.379 e. The van der Waals surface area contributed by atoms with Gasteiger partial charge in [-0.25, -0.2) is 0 Å². The third kappa shape index (κ3) is 3.31. The SMILES string of the molecule is Cc1c(Cl)nnc(NCCN2CCOCC2)c1C. The molecule has 1 aliphatic rings. The Kier molecular flexibility index (Phi) is 4.74. The van der Waals surface area contributed by atoms with E-state index in [0.29, 0.717) is 5.15 Å². The van der Waals surface area contributed by atoms with E-state index in [-0.39, 0.29) is 0 Å². The standard InChI is InChI=1S/C12H19ClN4O/c1-9-10(2)12(16-15-11(9)13)14-3-4-17-5-7-18-8-6-17/h3-8H2,1-2H3,(H,14,16). The Labute approximate surface area is 112 Å². The predicted molar refractivity (Wildman–Crippen MR) is 72.3 cm³/mol. The number of anilines is 1. The Balaban J connectivity index is 1.84. The van der Waals surface area contributed by atoms with Crippen LogP contribution in [0.2, 0.25) is 5.15 Å². The lowest BCUT2D eigenvalue weighted by molar-refractivity contribution is 0.0398. The fourth-order valence-corrected chi connectivity index (χ4v) is 2.08. The molecule has 0 atom stereocenters. The summed E-state index contributed by atoms with van der Waals surface area (Å²) in [4.78, 5) is 2.38. The fourth-order valence-electron chi connectivity index (χ4n) is 1.90. The molecule has 0 aliphatic carbocycles. The number of nitrogens with one attached hydrogen (secondary N) is 1. The summed E-state index contributed by atoms with van der Waals surface area (Å²) in [6, 6.07) is 0. The molecule has 0 spiro atoms. The molecule has 5 nitrogen and oxygen atoms in total. The second-order valence-corrected chi connectivity index (χ2v) is 4.83. The quantitative estimate of drug-likeness (QED) is 0.898. The summed E-state index contributed by atoms with van der Waals surface area (Å²) in [5.74, 6) is 0.824. The second-order valence-electron chi connectivity index (χ2n) is 4.47. The highest BCUT2D eigenvalue weighted by Crippen LogP contribution is 2.20. The predicted octanol–water partition coefficient (Wildman–Crippen LogP) is 1.49. The van der Waals surface area contributed by atoms with Crippen molar-refractivity contribution in [1.82, 2.24) is 15.1 Å². The Bertz CT molecular complexity index is 407. The summed E-state index contributed by atoms with van der Waals surface area (Å²) in [6.07, 6.45) is 0. The number of hydrogen-bond acceptors (Lipinski definition) is 5. The van der Waals surface area contributed by atoms with Gasteiger partial charge in [0.05, 0.1) is 13.2 Å². The van der Waals surface area contributed by atoms with Crippen LogP contribution in [0.5, 0.6) is 0 Å². The summed E-state index contributed by atoms with van der Waals surface area (Å²) < 4.78 is 5.31. The van der Waals surface area contributed by atoms with E-state index >= 15 is 0 Å². The Morgan fingerprint density at radius 1 is 1.22 bits per heavy atom. The summed E-state index contributed by atoms with van der Waals surface area (Å²) in [5, 5.41) is 11.8. The van der Waals surface area contributed by atoms with E-state index in [0.717, 1.165) is 56.3 Å². The number of nitrogens with zero attached hydrogens (tertiary/aromatic N) is 3. The Morgan fingerprint density at radius 2 is 1.94 bits per heavy atom. The van der Waals surface area contributed by atoms with Gasteiger partial charge in [-0.05, 0) is 25.0 Å². The average Bonchev–Trinajstić information content (AvgIpc) is 2.40. The van der Waals surface area contributed by atoms with E-state index in [1.165, 1.54) is 0 Å². The first-order valence-electron chi connectivity index (χ1n) is 6.22. The van der Waals surface area contributed by atoms with E-state index in [1.807, 2.05) is 13.8 Å². The number of halogens is 1. The molecule has 6 heteroatoms. The summed E-state index contributed by atoms with van der Waals surface area (Å²) in [7, 11) is 0. The lowest BCUT2D eigenvalue weighted by Crippen LogP contribution is -2.39. The molecule has 2 rings (SSSR count). The van der Waals surface area contributed by atoms with Crippen molar-refractivity contribution in [3.63, 3.8) is 0 Å². The highest BCUT2D eigenvalue weighted by Gasteiger charge is 2.11. The van der Waals surface area contributed by atoms with Crippen molar-refractivity contribution < 1.29 is 4.74 Å². The number of rotatable bonds is 4. The normalized spacial score (nSPS) is 16.8. The van der Waals surface area contributed by atoms with Gasteiger partial charge in [0.2, 0.25) is 0 Å². The van der Waals surface area contributed by atoms with Crippen LogP contribution >= 0.6 is 11.6 Å². The van der Waals surface area contributed by atoms with Gasteiger partial charge in [-0.2, -0.15) is 0 Å². The maximum Gasteiger partial charge on any atom is 0.155 e. The smallest absolute Gasteiger partial charge is 0.155 e. The van der Waals surface area contributed by atoms with Crippen LogP contribution in [-0.4, -0.2) is 54.5 Å². The van der Waals surface area contributed by atoms with E-state index in [9.17, 15) is 0 Å². The molecule has 1 aromatic rings. The zero-order valence-corrected chi connectivity index (χ0v) is 11.6. The number of hydrogen-bond donors (Lipinski definition) is 1. The van der Waals surface area contributed by atoms with Crippen LogP contribution < -0.4 is 5.32 Å². The third-order valence-corrected chi connectivity index (χ3v) is 3.65. The molecule has 0 saturated carbocycles. The van der Waals surface area contributed by atoms with Gasteiger partial charge in [-0.3, -0.25) is 4.90 Å². The van der Waals surface area contributed by atoms with E-state index < -0.39 is 0 Å². The monoisotopic (exact) mass is 270 g/mol. The number of aromatic nitrogens is 2. The lowest BCUT2D eigenvalue weighted by Gasteiger charge is -2.26. The molecule has 0 radical (unpaired) electrons. The molecule has 1 aliphatic heterocycles. The molecule has 18 heavy (non-hydrogen) atoms. The highest BCUT2D eigenvalue weighted by molar-refractivity contribution is 6.30. The van der Waals surface area contributed by atoms with Crippen molar-refractivity contribution in [2.75, 3.05) is 44.7 Å². The Hall–Kier alpha value is -0.910. The van der Waals surface area contributed by atoms with Gasteiger partial charge in [-0.15, -0.1) is 10.2 Å². The summed E-state index contributed by atoms with van der Waals surface area (Å²) >= 11 is 5.92. The lowest BCUT2D eigenvalue weighted by atomic mass is 10.2. The van der Waals surface area contributed by atoms with E-state index in [1.54, 1.807) is 0 Å². The van der Waals surface area contributed by atoms with Crippen LogP contribution in [0.4, 0.5) is 5.82 Å². The van der Waals surface area contributed by atoms with Crippen LogP contribution in [-0.2, 0) is 4.74 Å². The average molecular weight is 271 g/mol. The van der Waals surface area contributed by atoms with E-state index in [4.69, 9.17) is 16.3 Å². The third-order valence-electron chi connectivity index (χ3n) is 3.29. The second kappa shape index (κ2) is 6.31. The number of morpholine rings is 1. The molecule has 0 unspecified atom stereocenters. The van der Waals surface area contributed by atoms with Gasteiger partial charge >= 0.3 is 0 Å². The van der Waals surface area contributed by atoms with Gasteiger partial charge in [0.15, 0.2) is 11.0 Å². The minimum absolute atomic E-state index is 0.478. The first-order valence-corrected chi connectivity index (χ1v) is 6.59. The number of ether oxygens (including phenoxy) is 1. The molecule has 0 bridgehead atoms. The zero-order chi connectivity index (χ0) is 13.0. The minimum Gasteiger partial charge on any atom is -0.379 e. The molecule has 2 heterocycles. The highest BCUT2D eigenvalue weighted by atomic mass is 35.5. The molecule has 0 aromatic carbocycles. The topological polar surface area (TPSA) is 50.3 Å². The van der Waals surface area contributed by atoms with Crippen molar-refractivity contribution >= 4 is 17.4 Å². The molecular weight excluding hydrogens is 252 g/mol. The van der Waals surface area contributed by atoms with Crippen molar-refractivity contribution in [2.24, 2.45) is 0 Å². The molecule has 0 amide bonds. The van der Waals surface area contributed by atoms with E-state index in [2.05, 4.69) is 20.4 Å². The molecule has 100 valence electrons. The van der Waals surface area contributed by atoms with Gasteiger partial charge in [-0.1, -0.05) is 11.6 Å². The minimum atomic E-state index is 0.478. The maximum atomic E-state index is 5.92. The zero-order valence-electron chi connectivity index (χ0n) is 10.9. The first kappa shape index (κ1) is 13.5. The van der Waals surface area contributed by atoms with Crippen molar-refractivity contribution in [3.05, 3.63) is 16.3 Å². The molecular formula is C12H19ClN4O. The van der Waals surface area contributed by atoms with Crippen LogP contribution in [0.25, 0.3) is 0 Å². The van der Waals surface area contributed by atoms with Crippen molar-refractivity contribution in [3.8, 4) is 0 Å². The van der Waals surface area contributed by atoms with Crippen molar-refractivity contribution in [1.29, 1.82) is 0 Å². The van der Waals surface area contributed by atoms with Crippen LogP contribution in [0, 0.1) is 13.8 Å². The first-order chi connectivity index (χ1) is 8.68. The fraction of sp³-hybridized carbons (Fsp3) is 0.667. The van der Waals surface area contributed by atoms with Gasteiger partial charge in [0.25, 0.3) is 0 Å². The van der Waals surface area contributed by atoms with Gasteiger partial charge in [0, 0.05) is 26.2 Å². The van der Waals surface area contributed by atoms with Crippen LogP contribution in [0.15, 0.2) is 0 Å². The molecule has 1 saturated heterocycles. The maximum absolute atomic E-state index is 5.92. The molecule has 1 aromatic heterocycles. The summed E-state index contributed by atoms with van der Waals surface area (Å²) in [5.41, 5.74) is 2.05. The van der Waals surface area contributed by atoms with Crippen molar-refractivity contribution in [2.45, 2.75) is 13.8 Å². The van der Waals surface area contributed by atoms with Crippen LogP contribution in [0.3, 0.4) is 0 Å². The molecule has 1 fully saturated rings. The van der Waals surface area contributed by atoms with Gasteiger partial charge in [0.1, 0.15) is 0 Å². The van der Waals surface area contributed by atoms with Gasteiger partial charge < -0.3 is 10.1 Å².